The Morgan fingerprint density at radius 2 is 2.31 bits per heavy atom. The summed E-state index contributed by atoms with van der Waals surface area (Å²) in [5, 5.41) is 8.53. The zero-order valence-corrected chi connectivity index (χ0v) is 6.56. The summed E-state index contributed by atoms with van der Waals surface area (Å²) >= 11 is 0. The molecule has 0 unspecified atom stereocenters. The van der Waals surface area contributed by atoms with Crippen molar-refractivity contribution in [1.82, 2.24) is 4.98 Å². The third kappa shape index (κ3) is 2.48. The van der Waals surface area contributed by atoms with Gasteiger partial charge in [-0.15, -0.1) is 0 Å². The Labute approximate surface area is 73.6 Å². The first kappa shape index (κ1) is 9.05. The van der Waals surface area contributed by atoms with E-state index in [0.717, 1.165) is 6.26 Å². The molecular weight excluding hydrogens is 174 g/mol. The zero-order chi connectivity index (χ0) is 9.68. The molecule has 5 nitrogen and oxygen atoms in total. The number of carbonyl (C=O) groups is 2. The molecule has 5 heteroatoms. The number of aromatic amines is 1. The molecule has 0 amide bonds. The highest BCUT2D eigenvalue weighted by Crippen LogP contribution is 2.03. The third-order valence-electron chi connectivity index (χ3n) is 1.32. The van der Waals surface area contributed by atoms with Gasteiger partial charge in [0.25, 0.3) is 6.47 Å². The highest BCUT2D eigenvalue weighted by atomic mass is 16.5. The van der Waals surface area contributed by atoms with E-state index >= 15 is 0 Å². The summed E-state index contributed by atoms with van der Waals surface area (Å²) in [7, 11) is 0. The van der Waals surface area contributed by atoms with E-state index in [1.165, 1.54) is 12.1 Å². The minimum Gasteiger partial charge on any atom is -0.477 e. The molecule has 0 aromatic carbocycles. The second kappa shape index (κ2) is 4.10. The second-order valence-electron chi connectivity index (χ2n) is 2.17. The van der Waals surface area contributed by atoms with Crippen LogP contribution in [0.15, 0.2) is 18.4 Å². The van der Waals surface area contributed by atoms with E-state index < -0.39 is 5.97 Å². The molecular formula is C8H7NO4. The minimum atomic E-state index is -1.03. The van der Waals surface area contributed by atoms with E-state index in [-0.39, 0.29) is 12.2 Å². The maximum atomic E-state index is 10.4. The molecule has 0 fully saturated rings. The molecule has 0 saturated carbocycles. The normalized spacial score (nSPS) is 10.2. The van der Waals surface area contributed by atoms with Crippen LogP contribution in [0.4, 0.5) is 0 Å². The zero-order valence-electron chi connectivity index (χ0n) is 6.56. The number of aromatic nitrogens is 1. The van der Waals surface area contributed by atoms with Gasteiger partial charge in [-0.05, 0) is 18.2 Å². The fourth-order valence-electron chi connectivity index (χ4n) is 0.779. The average Bonchev–Trinajstić information content (AvgIpc) is 2.53. The van der Waals surface area contributed by atoms with Crippen molar-refractivity contribution in [3.8, 4) is 0 Å². The predicted molar refractivity (Wildman–Crippen MR) is 43.9 cm³/mol. The molecule has 1 aromatic rings. The quantitative estimate of drug-likeness (QED) is 0.533. The van der Waals surface area contributed by atoms with Crippen molar-refractivity contribution < 1.29 is 19.4 Å². The standard InChI is InChI=1S/C8H7NO4/c10-5-13-4-3-6-1-2-7(9-6)8(11)12/h1-5,9H,(H,11,12)/b4-3+. The van der Waals surface area contributed by atoms with Gasteiger partial charge in [0.2, 0.25) is 0 Å². The van der Waals surface area contributed by atoms with Crippen molar-refractivity contribution in [3.63, 3.8) is 0 Å². The van der Waals surface area contributed by atoms with Crippen molar-refractivity contribution in [2.75, 3.05) is 0 Å². The van der Waals surface area contributed by atoms with E-state index in [2.05, 4.69) is 9.72 Å². The number of hydrogen-bond donors (Lipinski definition) is 2. The Hall–Kier alpha value is -2.04. The van der Waals surface area contributed by atoms with Gasteiger partial charge in [-0.3, -0.25) is 4.79 Å². The van der Waals surface area contributed by atoms with Gasteiger partial charge in [-0.25, -0.2) is 4.79 Å². The molecule has 0 atom stereocenters. The molecule has 13 heavy (non-hydrogen) atoms. The van der Waals surface area contributed by atoms with Gasteiger partial charge < -0.3 is 14.8 Å². The van der Waals surface area contributed by atoms with E-state index in [1.807, 2.05) is 0 Å². The van der Waals surface area contributed by atoms with E-state index in [4.69, 9.17) is 5.11 Å². The fourth-order valence-corrected chi connectivity index (χ4v) is 0.779. The number of ether oxygens (including phenoxy) is 1. The summed E-state index contributed by atoms with van der Waals surface area (Å²) in [6, 6.07) is 2.98. The van der Waals surface area contributed by atoms with Crippen molar-refractivity contribution >= 4 is 18.5 Å². The van der Waals surface area contributed by atoms with Crippen LogP contribution in [0.1, 0.15) is 16.2 Å². The number of carboxylic acids is 1. The maximum absolute atomic E-state index is 10.4. The van der Waals surface area contributed by atoms with Gasteiger partial charge in [0.1, 0.15) is 5.69 Å². The van der Waals surface area contributed by atoms with Gasteiger partial charge in [0, 0.05) is 5.69 Å². The van der Waals surface area contributed by atoms with Gasteiger partial charge in [0.15, 0.2) is 0 Å². The van der Waals surface area contributed by atoms with E-state index in [1.54, 1.807) is 6.07 Å². The topological polar surface area (TPSA) is 79.4 Å². The monoisotopic (exact) mass is 181 g/mol. The van der Waals surface area contributed by atoms with Gasteiger partial charge in [-0.1, -0.05) is 0 Å². The Morgan fingerprint density at radius 1 is 1.54 bits per heavy atom. The van der Waals surface area contributed by atoms with Crippen LogP contribution in [0.5, 0.6) is 0 Å². The number of rotatable bonds is 4. The highest BCUT2D eigenvalue weighted by Gasteiger charge is 2.02. The van der Waals surface area contributed by atoms with Crippen LogP contribution in [-0.4, -0.2) is 22.5 Å². The Bertz CT molecular complexity index is 340. The molecule has 68 valence electrons. The lowest BCUT2D eigenvalue weighted by atomic mass is 10.4. The number of carbonyl (C=O) groups excluding carboxylic acids is 1. The van der Waals surface area contributed by atoms with Crippen molar-refractivity contribution in [1.29, 1.82) is 0 Å². The number of nitrogens with one attached hydrogen (secondary N) is 1. The Morgan fingerprint density at radius 3 is 2.85 bits per heavy atom. The van der Waals surface area contributed by atoms with Crippen LogP contribution in [-0.2, 0) is 9.53 Å². The number of carboxylic acid groups (broad SMARTS) is 1. The molecule has 1 heterocycles. The molecule has 1 aromatic heterocycles. The first-order valence-electron chi connectivity index (χ1n) is 3.42. The first-order chi connectivity index (χ1) is 6.24. The Balaban J connectivity index is 2.69. The van der Waals surface area contributed by atoms with Crippen molar-refractivity contribution in [3.05, 3.63) is 29.8 Å². The van der Waals surface area contributed by atoms with Crippen molar-refractivity contribution in [2.24, 2.45) is 0 Å². The van der Waals surface area contributed by atoms with Crippen LogP contribution in [0.2, 0.25) is 0 Å². The smallest absolute Gasteiger partial charge is 0.352 e. The molecule has 0 radical (unpaired) electrons. The summed E-state index contributed by atoms with van der Waals surface area (Å²) in [6.45, 7) is 0.275. The summed E-state index contributed by atoms with van der Waals surface area (Å²) in [4.78, 5) is 22.7. The lowest BCUT2D eigenvalue weighted by molar-refractivity contribution is -0.123. The van der Waals surface area contributed by atoms with Crippen LogP contribution in [0.25, 0.3) is 6.08 Å². The average molecular weight is 181 g/mol. The number of hydrogen-bond acceptors (Lipinski definition) is 3. The van der Waals surface area contributed by atoms with E-state index in [0.29, 0.717) is 5.69 Å². The predicted octanol–water partition coefficient (Wildman–Crippen LogP) is 0.857. The van der Waals surface area contributed by atoms with Gasteiger partial charge in [-0.2, -0.15) is 0 Å². The maximum Gasteiger partial charge on any atom is 0.352 e. The number of aromatic carboxylic acids is 1. The summed E-state index contributed by atoms with van der Waals surface area (Å²) in [5.74, 6) is -1.03. The first-order valence-corrected chi connectivity index (χ1v) is 3.42. The SMILES string of the molecule is O=CO/C=C/c1ccc(C(=O)O)[nH]1. The van der Waals surface area contributed by atoms with Crippen LogP contribution in [0, 0.1) is 0 Å². The van der Waals surface area contributed by atoms with Crippen molar-refractivity contribution in [2.45, 2.75) is 0 Å². The molecule has 1 rings (SSSR count). The highest BCUT2D eigenvalue weighted by molar-refractivity contribution is 5.86. The second-order valence-corrected chi connectivity index (χ2v) is 2.17. The molecule has 2 N–H and O–H groups in total. The molecule has 0 aliphatic carbocycles. The third-order valence-corrected chi connectivity index (χ3v) is 1.32. The van der Waals surface area contributed by atoms with Gasteiger partial charge >= 0.3 is 5.97 Å². The molecule has 0 aliphatic heterocycles. The molecule has 0 spiro atoms. The Kier molecular flexibility index (Phi) is 2.86. The lowest BCUT2D eigenvalue weighted by Crippen LogP contribution is -1.95. The molecule has 0 saturated heterocycles. The largest absolute Gasteiger partial charge is 0.477 e. The van der Waals surface area contributed by atoms with Gasteiger partial charge in [0.05, 0.1) is 6.26 Å². The minimum absolute atomic E-state index is 0.0887. The van der Waals surface area contributed by atoms with E-state index in [9.17, 15) is 9.59 Å². The molecule has 0 bridgehead atoms. The van der Waals surface area contributed by atoms with Crippen LogP contribution >= 0.6 is 0 Å². The summed E-state index contributed by atoms with van der Waals surface area (Å²) in [5.41, 5.74) is 0.644. The number of H-pyrrole nitrogens is 1. The lowest BCUT2D eigenvalue weighted by Gasteiger charge is -1.86. The van der Waals surface area contributed by atoms with Crippen LogP contribution in [0.3, 0.4) is 0 Å². The van der Waals surface area contributed by atoms with Crippen LogP contribution < -0.4 is 0 Å². The fraction of sp³-hybridized carbons (Fsp3) is 0. The molecule has 0 aliphatic rings. The summed E-state index contributed by atoms with van der Waals surface area (Å²) < 4.78 is 4.28. The summed E-state index contributed by atoms with van der Waals surface area (Å²) in [6.07, 6.45) is 2.60.